The topological polar surface area (TPSA) is 105 Å². The van der Waals surface area contributed by atoms with E-state index >= 15 is 0 Å². The van der Waals surface area contributed by atoms with Crippen LogP contribution in [-0.4, -0.2) is 27.0 Å². The van der Waals surface area contributed by atoms with E-state index in [1.165, 1.54) is 25.3 Å². The van der Waals surface area contributed by atoms with Crippen LogP contribution in [0.2, 0.25) is 0 Å². The number of carbonyl (C=O) groups is 1. The third-order valence-corrected chi connectivity index (χ3v) is 1.69. The summed E-state index contributed by atoms with van der Waals surface area (Å²) in [6.45, 7) is 1.46. The Bertz CT molecular complexity index is 376. The number of carboxylic acid groups (broad SMARTS) is 1. The summed E-state index contributed by atoms with van der Waals surface area (Å²) in [5, 5.41) is 21.5. The van der Waals surface area contributed by atoms with Crippen molar-refractivity contribution in [2.45, 2.75) is 13.0 Å². The highest BCUT2D eigenvalue weighted by molar-refractivity contribution is 5.76. The molecule has 1 aromatic rings. The molecule has 0 aliphatic carbocycles. The molecule has 0 fully saturated rings. The van der Waals surface area contributed by atoms with Crippen LogP contribution >= 0.6 is 0 Å². The minimum Gasteiger partial charge on any atom is -0.480 e. The second kappa shape index (κ2) is 4.36. The van der Waals surface area contributed by atoms with Gasteiger partial charge in [0.15, 0.2) is 6.20 Å². The number of nitro groups is 1. The molecule has 1 heterocycles. The van der Waals surface area contributed by atoms with Gasteiger partial charge < -0.3 is 20.5 Å². The molecule has 0 spiro atoms. The fourth-order valence-electron chi connectivity index (χ4n) is 0.891. The van der Waals surface area contributed by atoms with Crippen LogP contribution < -0.4 is 5.32 Å². The Morgan fingerprint density at radius 3 is 2.73 bits per heavy atom. The van der Waals surface area contributed by atoms with E-state index in [4.69, 9.17) is 5.11 Å². The third-order valence-electron chi connectivity index (χ3n) is 1.69. The molecule has 2 N–H and O–H groups in total. The van der Waals surface area contributed by atoms with Gasteiger partial charge in [-0.3, -0.25) is 4.79 Å². The number of pyridine rings is 1. The van der Waals surface area contributed by atoms with Crippen LogP contribution in [0, 0.1) is 10.1 Å². The third kappa shape index (κ3) is 2.90. The van der Waals surface area contributed by atoms with Gasteiger partial charge >= 0.3 is 11.8 Å². The Hall–Kier alpha value is -2.18. The molecule has 0 amide bonds. The minimum absolute atomic E-state index is 0.275. The van der Waals surface area contributed by atoms with Crippen molar-refractivity contribution in [3.8, 4) is 0 Å². The first-order chi connectivity index (χ1) is 7.00. The van der Waals surface area contributed by atoms with E-state index in [1.54, 1.807) is 0 Å². The molecule has 0 saturated carbocycles. The highest BCUT2D eigenvalue weighted by atomic mass is 16.6. The number of aromatic nitrogens is 1. The van der Waals surface area contributed by atoms with E-state index < -0.39 is 16.9 Å². The number of nitrogens with zero attached hydrogens (tertiary/aromatic N) is 2. The summed E-state index contributed by atoms with van der Waals surface area (Å²) in [5.41, 5.74) is 0.426. The van der Waals surface area contributed by atoms with Gasteiger partial charge in [0.2, 0.25) is 0 Å². The van der Waals surface area contributed by atoms with E-state index in [0.29, 0.717) is 5.69 Å². The lowest BCUT2D eigenvalue weighted by Gasteiger charge is -2.08. The van der Waals surface area contributed by atoms with Crippen LogP contribution in [0.3, 0.4) is 0 Å². The molecule has 15 heavy (non-hydrogen) atoms. The average molecular weight is 211 g/mol. The average Bonchev–Trinajstić information content (AvgIpc) is 2.18. The second-order valence-corrected chi connectivity index (χ2v) is 2.87. The van der Waals surface area contributed by atoms with Gasteiger partial charge in [-0.1, -0.05) is 0 Å². The Balaban J connectivity index is 2.72. The Morgan fingerprint density at radius 1 is 1.67 bits per heavy atom. The van der Waals surface area contributed by atoms with E-state index in [-0.39, 0.29) is 5.82 Å². The van der Waals surface area contributed by atoms with Gasteiger partial charge in [0.25, 0.3) is 0 Å². The molecule has 0 saturated heterocycles. The Labute approximate surface area is 84.9 Å². The number of anilines is 1. The minimum atomic E-state index is -1.01. The first-order valence-electron chi connectivity index (χ1n) is 4.10. The predicted molar refractivity (Wildman–Crippen MR) is 51.6 cm³/mol. The largest absolute Gasteiger partial charge is 0.480 e. The van der Waals surface area contributed by atoms with Crippen molar-refractivity contribution in [3.63, 3.8) is 0 Å². The van der Waals surface area contributed by atoms with Crippen molar-refractivity contribution in [2.24, 2.45) is 0 Å². The molecule has 1 rings (SSSR count). The Kier molecular flexibility index (Phi) is 3.17. The molecule has 80 valence electrons. The molecule has 0 bridgehead atoms. The lowest BCUT2D eigenvalue weighted by Crippen LogP contribution is -2.25. The van der Waals surface area contributed by atoms with Crippen LogP contribution in [0.15, 0.2) is 18.3 Å². The maximum Gasteiger partial charge on any atom is 0.363 e. The summed E-state index contributed by atoms with van der Waals surface area (Å²) in [5.74, 6) is -1.28. The molecule has 7 nitrogen and oxygen atoms in total. The van der Waals surface area contributed by atoms with Crippen molar-refractivity contribution in [2.75, 3.05) is 5.32 Å². The van der Waals surface area contributed by atoms with Crippen molar-refractivity contribution in [3.05, 3.63) is 28.4 Å². The first kappa shape index (κ1) is 10.9. The molecule has 0 unspecified atom stereocenters. The summed E-state index contributed by atoms with van der Waals surface area (Å²) in [7, 11) is 0. The number of hydrogen-bond donors (Lipinski definition) is 2. The van der Waals surface area contributed by atoms with E-state index in [2.05, 4.69) is 10.3 Å². The van der Waals surface area contributed by atoms with Crippen molar-refractivity contribution in [1.29, 1.82) is 0 Å². The van der Waals surface area contributed by atoms with Gasteiger partial charge in [0, 0.05) is 6.07 Å². The lowest BCUT2D eigenvalue weighted by molar-refractivity contribution is -0.389. The van der Waals surface area contributed by atoms with Gasteiger partial charge in [0.1, 0.15) is 6.04 Å². The zero-order valence-corrected chi connectivity index (χ0v) is 7.88. The summed E-state index contributed by atoms with van der Waals surface area (Å²) < 4.78 is 0. The van der Waals surface area contributed by atoms with Gasteiger partial charge in [-0.25, -0.2) is 0 Å². The molecular weight excluding hydrogens is 202 g/mol. The summed E-state index contributed by atoms with van der Waals surface area (Å²) in [4.78, 5) is 23.7. The number of aliphatic carboxylic acids is 1. The van der Waals surface area contributed by atoms with Gasteiger partial charge in [0.05, 0.1) is 5.69 Å². The normalized spacial score (nSPS) is 11.8. The quantitative estimate of drug-likeness (QED) is 0.565. The Morgan fingerprint density at radius 2 is 2.33 bits per heavy atom. The number of rotatable bonds is 4. The zero-order chi connectivity index (χ0) is 11.4. The summed E-state index contributed by atoms with van der Waals surface area (Å²) in [6.07, 6.45) is 1.22. The molecule has 1 atom stereocenters. The molecule has 0 aliphatic heterocycles. The molecule has 0 aromatic carbocycles. The number of hydrogen-bond acceptors (Lipinski definition) is 5. The van der Waals surface area contributed by atoms with Gasteiger partial charge in [-0.05, 0) is 22.9 Å². The van der Waals surface area contributed by atoms with Crippen molar-refractivity contribution < 1.29 is 14.8 Å². The van der Waals surface area contributed by atoms with Crippen LogP contribution in [0.25, 0.3) is 0 Å². The second-order valence-electron chi connectivity index (χ2n) is 2.87. The molecule has 0 radical (unpaired) electrons. The molecule has 1 aromatic heterocycles. The first-order valence-corrected chi connectivity index (χ1v) is 4.10. The van der Waals surface area contributed by atoms with Crippen LogP contribution in [0.4, 0.5) is 11.5 Å². The van der Waals surface area contributed by atoms with Crippen molar-refractivity contribution in [1.82, 2.24) is 4.98 Å². The highest BCUT2D eigenvalue weighted by Crippen LogP contribution is 2.12. The lowest BCUT2D eigenvalue weighted by atomic mass is 10.3. The molecular formula is C8H9N3O4. The van der Waals surface area contributed by atoms with E-state index in [9.17, 15) is 14.9 Å². The maximum atomic E-state index is 10.5. The van der Waals surface area contributed by atoms with Crippen LogP contribution in [0.5, 0.6) is 0 Å². The molecule has 7 heteroatoms. The zero-order valence-electron chi connectivity index (χ0n) is 7.88. The predicted octanol–water partition coefficient (Wildman–Crippen LogP) is 0.875. The highest BCUT2D eigenvalue weighted by Gasteiger charge is 2.12. The number of nitrogens with one attached hydrogen (secondary N) is 1. The summed E-state index contributed by atoms with van der Waals surface area (Å²) in [6, 6.07) is 1.84. The standard InChI is InChI=1S/C8H9N3O4/c1-5(8(12)13)10-6-2-3-7(9-4-6)11(14)15/h2-5,10H,1H3,(H,12,13)/t5-/m0/s1. The molecule has 0 aliphatic rings. The monoisotopic (exact) mass is 211 g/mol. The SMILES string of the molecule is C[C@H](Nc1ccc([N+](=O)[O-])nc1)C(=O)O. The van der Waals surface area contributed by atoms with Crippen LogP contribution in [-0.2, 0) is 4.79 Å². The fourth-order valence-corrected chi connectivity index (χ4v) is 0.891. The maximum absolute atomic E-state index is 10.5. The summed E-state index contributed by atoms with van der Waals surface area (Å²) >= 11 is 0. The van der Waals surface area contributed by atoms with Gasteiger partial charge in [-0.15, -0.1) is 0 Å². The fraction of sp³-hybridized carbons (Fsp3) is 0.250. The van der Waals surface area contributed by atoms with Crippen molar-refractivity contribution >= 4 is 17.5 Å². The number of carboxylic acids is 1. The van der Waals surface area contributed by atoms with Gasteiger partial charge in [-0.2, -0.15) is 0 Å². The van der Waals surface area contributed by atoms with E-state index in [1.807, 2.05) is 0 Å². The van der Waals surface area contributed by atoms with Crippen LogP contribution in [0.1, 0.15) is 6.92 Å². The van der Waals surface area contributed by atoms with E-state index in [0.717, 1.165) is 0 Å². The smallest absolute Gasteiger partial charge is 0.363 e.